The van der Waals surface area contributed by atoms with E-state index in [1.165, 1.54) is 111 Å². The van der Waals surface area contributed by atoms with E-state index >= 15 is 0 Å². The number of benzene rings is 11. The number of nitrogens with zero attached hydrogens (tertiary/aromatic N) is 1. The first-order valence-corrected chi connectivity index (χ1v) is 24.2. The van der Waals surface area contributed by atoms with Gasteiger partial charge in [-0.15, -0.1) is 0 Å². The van der Waals surface area contributed by atoms with Gasteiger partial charge >= 0.3 is 0 Å². The predicted octanol–water partition coefficient (Wildman–Crippen LogP) is 18.0. The molecule has 1 atom stereocenters. The Hall–Kier alpha value is -8.52. The summed E-state index contributed by atoms with van der Waals surface area (Å²) in [6.07, 6.45) is 0. The van der Waals surface area contributed by atoms with Gasteiger partial charge in [0.2, 0.25) is 0 Å². The third-order valence-corrected chi connectivity index (χ3v) is 15.7. The van der Waals surface area contributed by atoms with Gasteiger partial charge in [0, 0.05) is 22.5 Å². The topological polar surface area (TPSA) is 3.24 Å². The Morgan fingerprint density at radius 1 is 0.290 bits per heavy atom. The van der Waals surface area contributed by atoms with Crippen LogP contribution in [0.3, 0.4) is 0 Å². The Kier molecular flexibility index (Phi) is 8.61. The van der Waals surface area contributed by atoms with Crippen LogP contribution in [-0.4, -0.2) is 0 Å². The first-order chi connectivity index (χ1) is 34.0. The molecule has 0 radical (unpaired) electrons. The second kappa shape index (κ2) is 15.0. The SMILES string of the molecule is CC1(C)c2cc(-c3cccc4c3-c3ccccc3C43c4ccccc4-c4ccc5ccccc5c43)ccc2-c2ccc(N(c3ccc(-c4ccccc4)cc3)c3ccc(-c4ccccc4)cc3)cc21. The maximum atomic E-state index is 2.51. The first kappa shape index (κ1) is 39.6. The van der Waals surface area contributed by atoms with Crippen LogP contribution in [0.5, 0.6) is 0 Å². The van der Waals surface area contributed by atoms with E-state index in [0.717, 1.165) is 17.1 Å². The highest BCUT2D eigenvalue weighted by Crippen LogP contribution is 2.65. The van der Waals surface area contributed by atoms with Gasteiger partial charge in [-0.05, 0) is 153 Å². The Morgan fingerprint density at radius 2 is 0.754 bits per heavy atom. The average Bonchev–Trinajstić information content (AvgIpc) is 3.98. The smallest absolute Gasteiger partial charge is 0.0731 e. The number of hydrogen-bond acceptors (Lipinski definition) is 1. The highest BCUT2D eigenvalue weighted by Gasteiger charge is 2.53. The zero-order valence-corrected chi connectivity index (χ0v) is 38.6. The molecule has 0 aromatic heterocycles. The Bertz CT molecular complexity index is 3760. The Balaban J connectivity index is 0.895. The second-order valence-corrected chi connectivity index (χ2v) is 19.6. The standard InChI is InChI=1S/C68H47N/c1-67(2)63-42-49(53-24-15-27-62-65(53)59-23-12-14-26-61(59)68(62)60-25-13-11-22-55(60)58-40-32-48-20-9-10-21-54(48)66(58)68)33-39-56(63)57-41-38-52(43-64(57)67)69(50-34-28-46(29-35-50)44-16-5-3-6-17-44)51-36-30-47(31-37-51)45-18-7-4-8-19-45/h3-43H,1-2H3. The monoisotopic (exact) mass is 877 g/mol. The maximum absolute atomic E-state index is 2.51. The van der Waals surface area contributed by atoms with E-state index in [9.17, 15) is 0 Å². The Labute approximate surface area is 404 Å². The van der Waals surface area contributed by atoms with Crippen molar-refractivity contribution in [2.45, 2.75) is 24.7 Å². The van der Waals surface area contributed by atoms with E-state index in [1.807, 2.05) is 0 Å². The molecule has 3 aliphatic carbocycles. The van der Waals surface area contributed by atoms with Crippen LogP contribution in [0.1, 0.15) is 47.2 Å². The maximum Gasteiger partial charge on any atom is 0.0731 e. The summed E-state index contributed by atoms with van der Waals surface area (Å²) in [5.74, 6) is 0. The van der Waals surface area contributed by atoms with Crippen molar-refractivity contribution >= 4 is 27.8 Å². The number of rotatable bonds is 6. The van der Waals surface area contributed by atoms with Gasteiger partial charge in [0.05, 0.1) is 5.41 Å². The Morgan fingerprint density at radius 3 is 1.43 bits per heavy atom. The molecule has 1 heteroatoms. The van der Waals surface area contributed by atoms with E-state index in [2.05, 4.69) is 267 Å². The summed E-state index contributed by atoms with van der Waals surface area (Å²) in [5.41, 5.74) is 26.2. The number of fused-ring (bicyclic) bond motifs is 15. The summed E-state index contributed by atoms with van der Waals surface area (Å²) >= 11 is 0. The molecular weight excluding hydrogens is 831 g/mol. The molecule has 1 unspecified atom stereocenters. The summed E-state index contributed by atoms with van der Waals surface area (Å²) in [4.78, 5) is 2.41. The van der Waals surface area contributed by atoms with Crippen LogP contribution < -0.4 is 4.90 Å². The van der Waals surface area contributed by atoms with E-state index in [4.69, 9.17) is 0 Å². The van der Waals surface area contributed by atoms with Crippen molar-refractivity contribution in [2.24, 2.45) is 0 Å². The fraction of sp³-hybridized carbons (Fsp3) is 0.0588. The molecule has 0 N–H and O–H groups in total. The van der Waals surface area contributed by atoms with Crippen LogP contribution in [0.4, 0.5) is 17.1 Å². The van der Waals surface area contributed by atoms with Gasteiger partial charge in [-0.3, -0.25) is 0 Å². The minimum absolute atomic E-state index is 0.254. The molecule has 69 heavy (non-hydrogen) atoms. The largest absolute Gasteiger partial charge is 0.310 e. The van der Waals surface area contributed by atoms with E-state index in [-0.39, 0.29) is 5.41 Å². The van der Waals surface area contributed by atoms with Crippen LogP contribution in [0, 0.1) is 0 Å². The molecule has 0 amide bonds. The normalized spacial score (nSPS) is 15.3. The van der Waals surface area contributed by atoms with Gasteiger partial charge in [0.1, 0.15) is 0 Å². The molecule has 14 rings (SSSR count). The van der Waals surface area contributed by atoms with Gasteiger partial charge in [0.25, 0.3) is 0 Å². The van der Waals surface area contributed by atoms with Crippen molar-refractivity contribution in [3.8, 4) is 66.8 Å². The molecule has 324 valence electrons. The van der Waals surface area contributed by atoms with Crippen LogP contribution >= 0.6 is 0 Å². The highest BCUT2D eigenvalue weighted by molar-refractivity contribution is 6.06. The minimum atomic E-state index is -0.438. The highest BCUT2D eigenvalue weighted by atomic mass is 15.1. The van der Waals surface area contributed by atoms with Gasteiger partial charge in [-0.25, -0.2) is 0 Å². The molecule has 11 aromatic carbocycles. The quantitative estimate of drug-likeness (QED) is 0.161. The lowest BCUT2D eigenvalue weighted by atomic mass is 9.69. The molecule has 1 nitrogen and oxygen atoms in total. The van der Waals surface area contributed by atoms with Crippen molar-refractivity contribution in [3.63, 3.8) is 0 Å². The van der Waals surface area contributed by atoms with Crippen molar-refractivity contribution in [1.82, 2.24) is 0 Å². The predicted molar refractivity (Wildman–Crippen MR) is 289 cm³/mol. The molecule has 0 saturated carbocycles. The molecule has 11 aromatic rings. The molecule has 0 aliphatic heterocycles. The van der Waals surface area contributed by atoms with Crippen LogP contribution in [0.15, 0.2) is 249 Å². The lowest BCUT2D eigenvalue weighted by Gasteiger charge is -2.31. The third-order valence-electron chi connectivity index (χ3n) is 15.7. The summed E-state index contributed by atoms with van der Waals surface area (Å²) in [7, 11) is 0. The fourth-order valence-corrected chi connectivity index (χ4v) is 12.6. The third kappa shape index (κ3) is 5.71. The van der Waals surface area contributed by atoms with Crippen molar-refractivity contribution in [3.05, 3.63) is 282 Å². The van der Waals surface area contributed by atoms with Crippen molar-refractivity contribution in [2.75, 3.05) is 4.90 Å². The molecule has 0 fully saturated rings. The van der Waals surface area contributed by atoms with E-state index < -0.39 is 5.41 Å². The van der Waals surface area contributed by atoms with Crippen molar-refractivity contribution < 1.29 is 0 Å². The lowest BCUT2D eigenvalue weighted by Crippen LogP contribution is -2.26. The zero-order chi connectivity index (χ0) is 45.8. The molecule has 1 spiro atoms. The van der Waals surface area contributed by atoms with Gasteiger partial charge in [0.15, 0.2) is 0 Å². The zero-order valence-electron chi connectivity index (χ0n) is 38.6. The number of hydrogen-bond donors (Lipinski definition) is 0. The van der Waals surface area contributed by atoms with E-state index in [0.29, 0.717) is 0 Å². The molecule has 0 bridgehead atoms. The summed E-state index contributed by atoms with van der Waals surface area (Å²) < 4.78 is 0. The summed E-state index contributed by atoms with van der Waals surface area (Å²) in [5, 5.41) is 2.60. The first-order valence-electron chi connectivity index (χ1n) is 24.2. The molecular formula is C68H47N. The second-order valence-electron chi connectivity index (χ2n) is 19.6. The molecule has 0 saturated heterocycles. The van der Waals surface area contributed by atoms with Crippen LogP contribution in [0.2, 0.25) is 0 Å². The summed E-state index contributed by atoms with van der Waals surface area (Å²) in [6.45, 7) is 4.83. The average molecular weight is 878 g/mol. The van der Waals surface area contributed by atoms with Crippen molar-refractivity contribution in [1.29, 1.82) is 0 Å². The number of anilines is 3. The van der Waals surface area contributed by atoms with E-state index in [1.54, 1.807) is 0 Å². The van der Waals surface area contributed by atoms with Crippen LogP contribution in [0.25, 0.3) is 77.5 Å². The van der Waals surface area contributed by atoms with Gasteiger partial charge in [-0.2, -0.15) is 0 Å². The fourth-order valence-electron chi connectivity index (χ4n) is 12.6. The van der Waals surface area contributed by atoms with Gasteiger partial charge in [-0.1, -0.05) is 220 Å². The molecule has 0 heterocycles. The molecule has 3 aliphatic rings. The summed E-state index contributed by atoms with van der Waals surface area (Å²) in [6, 6.07) is 92.8. The van der Waals surface area contributed by atoms with Gasteiger partial charge < -0.3 is 4.90 Å². The van der Waals surface area contributed by atoms with Crippen LogP contribution in [-0.2, 0) is 10.8 Å². The minimum Gasteiger partial charge on any atom is -0.310 e. The lowest BCUT2D eigenvalue weighted by molar-refractivity contribution is 0.660.